The number of nitrogens with two attached hydrogens (primary N) is 1. The molecule has 3 aromatic rings. The van der Waals surface area contributed by atoms with Crippen LogP contribution in [0.15, 0.2) is 34.7 Å². The second-order valence-electron chi connectivity index (χ2n) is 9.45. The molecule has 1 aromatic carbocycles. The molecule has 1 atom stereocenters. The van der Waals surface area contributed by atoms with Crippen molar-refractivity contribution in [3.05, 3.63) is 47.3 Å². The average Bonchev–Trinajstić information content (AvgIpc) is 3.52. The van der Waals surface area contributed by atoms with Gasteiger partial charge >= 0.3 is 0 Å². The summed E-state index contributed by atoms with van der Waals surface area (Å²) in [5, 5.41) is 2.91. The number of hydrogen-bond acceptors (Lipinski definition) is 7. The van der Waals surface area contributed by atoms with E-state index in [2.05, 4.69) is 10.3 Å². The predicted octanol–water partition coefficient (Wildman–Crippen LogP) is 2.19. The summed E-state index contributed by atoms with van der Waals surface area (Å²) in [7, 11) is -0.910. The highest BCUT2D eigenvalue weighted by Gasteiger charge is 2.32. The number of hydrogen-bond donors (Lipinski definition) is 2. The fourth-order valence-corrected chi connectivity index (χ4v) is 5.23. The molecule has 2 aromatic heterocycles. The molecule has 0 radical (unpaired) electrons. The fraction of sp³-hybridized carbons (Fsp3) is 0.385. The van der Waals surface area contributed by atoms with Crippen molar-refractivity contribution in [1.82, 2.24) is 15.2 Å². The van der Waals surface area contributed by atoms with Crippen LogP contribution in [0.4, 0.5) is 10.2 Å². The van der Waals surface area contributed by atoms with E-state index >= 15 is 0 Å². The lowest BCUT2D eigenvalue weighted by Crippen LogP contribution is -2.43. The van der Waals surface area contributed by atoms with Gasteiger partial charge in [0.25, 0.3) is 5.91 Å². The molecular weight excluding hydrogens is 529 g/mol. The van der Waals surface area contributed by atoms with E-state index in [0.717, 1.165) is 10.6 Å². The van der Waals surface area contributed by atoms with Crippen molar-refractivity contribution >= 4 is 44.7 Å². The smallest absolute Gasteiger partial charge is 0.255 e. The summed E-state index contributed by atoms with van der Waals surface area (Å²) in [6.45, 7) is 0.457. The number of sulfonamides is 1. The number of rotatable bonds is 9. The van der Waals surface area contributed by atoms with Crippen molar-refractivity contribution in [2.75, 3.05) is 31.2 Å². The Labute approximate surface area is 225 Å². The summed E-state index contributed by atoms with van der Waals surface area (Å²) < 4.78 is 45.3. The summed E-state index contributed by atoms with van der Waals surface area (Å²) in [4.78, 5) is 43.3. The molecule has 13 heteroatoms. The van der Waals surface area contributed by atoms with Gasteiger partial charge in [-0.2, -0.15) is 4.98 Å². The molecule has 0 bridgehead atoms. The van der Waals surface area contributed by atoms with Crippen molar-refractivity contribution in [2.24, 2.45) is 5.73 Å². The van der Waals surface area contributed by atoms with Gasteiger partial charge in [-0.3, -0.25) is 18.7 Å². The highest BCUT2D eigenvalue weighted by Crippen LogP contribution is 2.36. The maximum Gasteiger partial charge on any atom is 0.255 e. The van der Waals surface area contributed by atoms with Crippen molar-refractivity contribution in [2.45, 2.75) is 38.1 Å². The number of halogens is 1. The normalized spacial score (nSPS) is 15.5. The number of anilines is 1. The topological polar surface area (TPSA) is 156 Å². The number of likely N-dealkylation sites (tertiary alicyclic amines) is 1. The number of amides is 3. The number of carbonyl (C=O) groups excluding carboxylic acids is 3. The van der Waals surface area contributed by atoms with Crippen LogP contribution in [0.3, 0.4) is 0 Å². The van der Waals surface area contributed by atoms with Gasteiger partial charge in [0.15, 0.2) is 0 Å². The first-order valence-corrected chi connectivity index (χ1v) is 14.2. The molecule has 1 aliphatic heterocycles. The van der Waals surface area contributed by atoms with E-state index in [0.29, 0.717) is 42.3 Å². The number of aromatic nitrogens is 1. The van der Waals surface area contributed by atoms with Crippen LogP contribution in [0.2, 0.25) is 0 Å². The Morgan fingerprint density at radius 3 is 2.56 bits per heavy atom. The van der Waals surface area contributed by atoms with Crippen molar-refractivity contribution < 1.29 is 31.6 Å². The molecule has 0 saturated carbocycles. The van der Waals surface area contributed by atoms with Crippen LogP contribution in [-0.2, 0) is 26.0 Å². The van der Waals surface area contributed by atoms with Crippen molar-refractivity contribution in [3.8, 4) is 11.3 Å². The number of fused-ring (bicyclic) bond motifs is 1. The van der Waals surface area contributed by atoms with Gasteiger partial charge in [-0.05, 0) is 61.6 Å². The number of primary amides is 1. The third kappa shape index (κ3) is 5.72. The van der Waals surface area contributed by atoms with Gasteiger partial charge < -0.3 is 20.4 Å². The summed E-state index contributed by atoms with van der Waals surface area (Å²) in [6.07, 6.45) is 2.95. The maximum atomic E-state index is 13.5. The van der Waals surface area contributed by atoms with Gasteiger partial charge in [0, 0.05) is 32.6 Å². The van der Waals surface area contributed by atoms with Gasteiger partial charge in [-0.1, -0.05) is 0 Å². The first-order chi connectivity index (χ1) is 18.4. The summed E-state index contributed by atoms with van der Waals surface area (Å²) >= 11 is 0. The third-order valence-electron chi connectivity index (χ3n) is 6.83. The molecule has 4 rings (SSSR count). The third-order valence-corrected chi connectivity index (χ3v) is 8.00. The molecule has 0 spiro atoms. The van der Waals surface area contributed by atoms with E-state index in [4.69, 9.17) is 10.2 Å². The van der Waals surface area contributed by atoms with E-state index < -0.39 is 33.7 Å². The Bertz CT molecular complexity index is 1540. The Hall–Kier alpha value is -4.00. The van der Waals surface area contributed by atoms with Gasteiger partial charge in [0.05, 0.1) is 17.2 Å². The molecule has 3 N–H and O–H groups in total. The highest BCUT2D eigenvalue weighted by molar-refractivity contribution is 7.92. The molecule has 208 valence electrons. The van der Waals surface area contributed by atoms with E-state index in [1.54, 1.807) is 6.07 Å². The van der Waals surface area contributed by atoms with Crippen LogP contribution in [0.1, 0.15) is 41.6 Å². The van der Waals surface area contributed by atoms with Crippen LogP contribution >= 0.6 is 0 Å². The molecule has 3 heterocycles. The van der Waals surface area contributed by atoms with Gasteiger partial charge in [0.2, 0.25) is 27.6 Å². The lowest BCUT2D eigenvalue weighted by molar-refractivity contribution is -0.137. The number of nitrogens with one attached hydrogen (secondary N) is 1. The summed E-state index contributed by atoms with van der Waals surface area (Å²) in [5.41, 5.74) is 6.54. The number of benzene rings is 1. The molecule has 1 fully saturated rings. The molecule has 3 amide bonds. The summed E-state index contributed by atoms with van der Waals surface area (Å²) in [6, 6.07) is 6.41. The van der Waals surface area contributed by atoms with Crippen LogP contribution in [-0.4, -0.2) is 69.0 Å². The minimum atomic E-state index is -3.72. The second-order valence-corrected chi connectivity index (χ2v) is 11.5. The van der Waals surface area contributed by atoms with Crippen molar-refractivity contribution in [1.29, 1.82) is 0 Å². The SMILES string of the molecule is CNC(=O)c1c(-c2ccc(F)cc2)oc2nc(N(C)S(C)(=O)=O)c(CCCC(=O)N3CCCC3C(N)=O)cc12. The quantitative estimate of drug-likeness (QED) is 0.407. The lowest BCUT2D eigenvalue weighted by atomic mass is 10.0. The zero-order valence-corrected chi connectivity index (χ0v) is 22.7. The molecular formula is C26H30FN5O6S. The first-order valence-electron chi connectivity index (χ1n) is 12.4. The first kappa shape index (κ1) is 28.0. The number of pyridine rings is 1. The Balaban J connectivity index is 1.74. The zero-order valence-electron chi connectivity index (χ0n) is 21.9. The maximum absolute atomic E-state index is 13.5. The molecule has 1 unspecified atom stereocenters. The minimum Gasteiger partial charge on any atom is -0.437 e. The lowest BCUT2D eigenvalue weighted by Gasteiger charge is -2.22. The number of aryl methyl sites for hydroxylation is 1. The van der Waals surface area contributed by atoms with Gasteiger partial charge in [-0.25, -0.2) is 12.8 Å². The van der Waals surface area contributed by atoms with Crippen molar-refractivity contribution in [3.63, 3.8) is 0 Å². The fourth-order valence-electron chi connectivity index (χ4n) is 4.76. The van der Waals surface area contributed by atoms with Crippen LogP contribution < -0.4 is 15.4 Å². The Morgan fingerprint density at radius 2 is 1.95 bits per heavy atom. The van der Waals surface area contributed by atoms with E-state index in [1.165, 1.54) is 43.3 Å². The molecule has 0 aliphatic carbocycles. The Kier molecular flexibility index (Phi) is 7.91. The van der Waals surface area contributed by atoms with Gasteiger partial charge in [0.1, 0.15) is 23.4 Å². The van der Waals surface area contributed by atoms with E-state index in [-0.39, 0.29) is 41.6 Å². The van der Waals surface area contributed by atoms with E-state index in [9.17, 15) is 27.2 Å². The molecule has 11 nitrogen and oxygen atoms in total. The van der Waals surface area contributed by atoms with Crippen LogP contribution in [0, 0.1) is 5.82 Å². The average molecular weight is 560 g/mol. The number of nitrogens with zero attached hydrogens (tertiary/aromatic N) is 3. The standard InChI is InChI=1S/C26H30FN5O6S/c1-29-25(35)21-18-14-16(6-4-8-20(33)32-13-5-7-19(32)23(28)34)24(31(2)39(3,36)37)30-26(18)38-22(21)15-9-11-17(27)12-10-15/h9-12,14,19H,4-8,13H2,1-3H3,(H2,28,34)(H,29,35). The summed E-state index contributed by atoms with van der Waals surface area (Å²) in [5.74, 6) is -1.42. The van der Waals surface area contributed by atoms with Crippen LogP contribution in [0.25, 0.3) is 22.4 Å². The molecule has 39 heavy (non-hydrogen) atoms. The van der Waals surface area contributed by atoms with Gasteiger partial charge in [-0.15, -0.1) is 0 Å². The monoisotopic (exact) mass is 559 g/mol. The highest BCUT2D eigenvalue weighted by atomic mass is 32.2. The zero-order chi connectivity index (χ0) is 28.5. The minimum absolute atomic E-state index is 0.0274. The largest absolute Gasteiger partial charge is 0.437 e. The predicted molar refractivity (Wildman–Crippen MR) is 143 cm³/mol. The Morgan fingerprint density at radius 1 is 1.26 bits per heavy atom. The molecule has 1 aliphatic rings. The van der Waals surface area contributed by atoms with E-state index in [1.807, 2.05) is 0 Å². The second kappa shape index (κ2) is 11.0. The van der Waals surface area contributed by atoms with Crippen LogP contribution in [0.5, 0.6) is 0 Å². The number of furan rings is 1. The molecule has 1 saturated heterocycles. The number of carbonyl (C=O) groups is 3.